The minimum absolute atomic E-state index is 0.0488. The van der Waals surface area contributed by atoms with Crippen molar-refractivity contribution < 1.29 is 9.53 Å². The van der Waals surface area contributed by atoms with Gasteiger partial charge < -0.3 is 15.4 Å². The molecule has 0 radical (unpaired) electrons. The van der Waals surface area contributed by atoms with Gasteiger partial charge in [0, 0.05) is 19.2 Å². The van der Waals surface area contributed by atoms with Crippen LogP contribution >= 0.6 is 0 Å². The summed E-state index contributed by atoms with van der Waals surface area (Å²) in [6.45, 7) is 3.54. The Morgan fingerprint density at radius 3 is 3.06 bits per heavy atom. The third-order valence-electron chi connectivity index (χ3n) is 2.02. The number of pyridine rings is 1. The summed E-state index contributed by atoms with van der Waals surface area (Å²) in [5.74, 6) is 0.381. The Balaban J connectivity index is 2.49. The molecule has 16 heavy (non-hydrogen) atoms. The zero-order valence-corrected chi connectivity index (χ0v) is 9.62. The first-order valence-electron chi connectivity index (χ1n) is 5.27. The van der Waals surface area contributed by atoms with Crippen LogP contribution in [0.2, 0.25) is 0 Å². The number of carbonyl (C=O) groups is 1. The molecule has 1 rings (SSSR count). The maximum Gasteiger partial charge on any atom is 0.237 e. The van der Waals surface area contributed by atoms with Crippen molar-refractivity contribution in [3.8, 4) is 5.88 Å². The van der Waals surface area contributed by atoms with Crippen LogP contribution in [0.5, 0.6) is 5.88 Å². The molecule has 88 valence electrons. The van der Waals surface area contributed by atoms with Crippen molar-refractivity contribution in [1.82, 2.24) is 10.3 Å². The Hall–Kier alpha value is -1.62. The summed E-state index contributed by atoms with van der Waals surface area (Å²) in [6, 6.07) is 3.51. The van der Waals surface area contributed by atoms with Crippen molar-refractivity contribution in [2.45, 2.75) is 13.3 Å². The molecule has 0 unspecified atom stereocenters. The van der Waals surface area contributed by atoms with Gasteiger partial charge in [0.1, 0.15) is 5.69 Å². The lowest BCUT2D eigenvalue weighted by atomic mass is 10.3. The highest BCUT2D eigenvalue weighted by molar-refractivity contribution is 5.91. The van der Waals surface area contributed by atoms with E-state index >= 15 is 0 Å². The van der Waals surface area contributed by atoms with Gasteiger partial charge in [0.05, 0.1) is 7.11 Å². The molecule has 0 aliphatic carbocycles. The Labute approximate surface area is 95.2 Å². The number of nitrogens with one attached hydrogen (secondary N) is 2. The Kier molecular flexibility index (Phi) is 5.28. The SMILES string of the molecule is CCNCCC(=O)Nc1cccnc1OC. The molecule has 5 heteroatoms. The summed E-state index contributed by atoms with van der Waals surface area (Å²) < 4.78 is 5.03. The molecule has 0 bridgehead atoms. The second kappa shape index (κ2) is 6.79. The van der Waals surface area contributed by atoms with Crippen LogP contribution in [0.15, 0.2) is 18.3 Å². The molecule has 0 fully saturated rings. The molecule has 5 nitrogen and oxygen atoms in total. The Bertz CT molecular complexity index is 342. The highest BCUT2D eigenvalue weighted by atomic mass is 16.5. The molecule has 0 aromatic carbocycles. The fraction of sp³-hybridized carbons (Fsp3) is 0.455. The first-order valence-corrected chi connectivity index (χ1v) is 5.27. The summed E-state index contributed by atoms with van der Waals surface area (Å²) in [7, 11) is 1.52. The molecule has 1 aromatic rings. The lowest BCUT2D eigenvalue weighted by Gasteiger charge is -2.08. The maximum atomic E-state index is 11.5. The van der Waals surface area contributed by atoms with Crippen LogP contribution in [-0.2, 0) is 4.79 Å². The van der Waals surface area contributed by atoms with E-state index in [2.05, 4.69) is 15.6 Å². The molecular formula is C11H17N3O2. The van der Waals surface area contributed by atoms with Gasteiger partial charge in [-0.05, 0) is 18.7 Å². The quantitative estimate of drug-likeness (QED) is 0.707. The molecule has 0 aliphatic rings. The van der Waals surface area contributed by atoms with Crippen molar-refractivity contribution in [3.63, 3.8) is 0 Å². The van der Waals surface area contributed by atoms with E-state index < -0.39 is 0 Å². The predicted octanol–water partition coefficient (Wildman–Crippen LogP) is 1.03. The van der Waals surface area contributed by atoms with E-state index in [1.54, 1.807) is 18.3 Å². The van der Waals surface area contributed by atoms with Gasteiger partial charge in [-0.25, -0.2) is 4.98 Å². The minimum atomic E-state index is -0.0488. The highest BCUT2D eigenvalue weighted by Crippen LogP contribution is 2.19. The first-order chi connectivity index (χ1) is 7.77. The highest BCUT2D eigenvalue weighted by Gasteiger charge is 2.06. The first kappa shape index (κ1) is 12.4. The van der Waals surface area contributed by atoms with Gasteiger partial charge in [0.25, 0.3) is 0 Å². The van der Waals surface area contributed by atoms with Crippen LogP contribution in [-0.4, -0.2) is 31.1 Å². The summed E-state index contributed by atoms with van der Waals surface area (Å²) in [5.41, 5.74) is 0.603. The van der Waals surface area contributed by atoms with E-state index in [4.69, 9.17) is 4.74 Å². The maximum absolute atomic E-state index is 11.5. The standard InChI is InChI=1S/C11H17N3O2/c1-3-12-8-6-10(15)14-9-5-4-7-13-11(9)16-2/h4-5,7,12H,3,6,8H2,1-2H3,(H,14,15). The molecule has 0 atom stereocenters. The molecule has 2 N–H and O–H groups in total. The smallest absolute Gasteiger partial charge is 0.237 e. The van der Waals surface area contributed by atoms with Gasteiger partial charge in [-0.15, -0.1) is 0 Å². The van der Waals surface area contributed by atoms with Gasteiger partial charge in [-0.1, -0.05) is 6.92 Å². The van der Waals surface area contributed by atoms with Crippen LogP contribution in [0.3, 0.4) is 0 Å². The molecular weight excluding hydrogens is 206 g/mol. The van der Waals surface area contributed by atoms with E-state index in [-0.39, 0.29) is 5.91 Å². The third-order valence-corrected chi connectivity index (χ3v) is 2.02. The summed E-state index contributed by atoms with van der Waals surface area (Å²) >= 11 is 0. The number of rotatable bonds is 6. The number of methoxy groups -OCH3 is 1. The van der Waals surface area contributed by atoms with Crippen molar-refractivity contribution in [3.05, 3.63) is 18.3 Å². The van der Waals surface area contributed by atoms with E-state index in [1.807, 2.05) is 6.92 Å². The number of ether oxygens (including phenoxy) is 1. The van der Waals surface area contributed by atoms with Crippen molar-refractivity contribution in [2.24, 2.45) is 0 Å². The largest absolute Gasteiger partial charge is 0.480 e. The molecule has 0 saturated carbocycles. The third kappa shape index (κ3) is 3.86. The fourth-order valence-electron chi connectivity index (χ4n) is 1.24. The van der Waals surface area contributed by atoms with E-state index in [0.717, 1.165) is 6.54 Å². The van der Waals surface area contributed by atoms with E-state index in [1.165, 1.54) is 7.11 Å². The molecule has 1 amide bonds. The zero-order chi connectivity index (χ0) is 11.8. The minimum Gasteiger partial charge on any atom is -0.480 e. The molecule has 0 saturated heterocycles. The number of nitrogens with zero attached hydrogens (tertiary/aromatic N) is 1. The van der Waals surface area contributed by atoms with Gasteiger partial charge in [-0.2, -0.15) is 0 Å². The van der Waals surface area contributed by atoms with Gasteiger partial charge >= 0.3 is 0 Å². The Morgan fingerprint density at radius 2 is 2.38 bits per heavy atom. The zero-order valence-electron chi connectivity index (χ0n) is 9.62. The molecule has 1 aromatic heterocycles. The Morgan fingerprint density at radius 1 is 1.56 bits per heavy atom. The lowest BCUT2D eigenvalue weighted by molar-refractivity contribution is -0.116. The predicted molar refractivity (Wildman–Crippen MR) is 62.6 cm³/mol. The van der Waals surface area contributed by atoms with E-state index in [0.29, 0.717) is 24.5 Å². The number of amides is 1. The number of aromatic nitrogens is 1. The molecule has 1 heterocycles. The topological polar surface area (TPSA) is 63.2 Å². The van der Waals surface area contributed by atoms with Gasteiger partial charge in [0.2, 0.25) is 11.8 Å². The number of carbonyl (C=O) groups excluding carboxylic acids is 1. The number of hydrogen-bond donors (Lipinski definition) is 2. The van der Waals surface area contributed by atoms with Gasteiger partial charge in [0.15, 0.2) is 0 Å². The average molecular weight is 223 g/mol. The summed E-state index contributed by atoms with van der Waals surface area (Å²) in [4.78, 5) is 15.5. The normalized spacial score (nSPS) is 9.88. The van der Waals surface area contributed by atoms with Crippen LogP contribution in [0.1, 0.15) is 13.3 Å². The van der Waals surface area contributed by atoms with Crippen molar-refractivity contribution >= 4 is 11.6 Å². The number of hydrogen-bond acceptors (Lipinski definition) is 4. The van der Waals surface area contributed by atoms with Crippen LogP contribution in [0.4, 0.5) is 5.69 Å². The van der Waals surface area contributed by atoms with Crippen LogP contribution in [0, 0.1) is 0 Å². The second-order valence-electron chi connectivity index (χ2n) is 3.21. The monoisotopic (exact) mass is 223 g/mol. The lowest BCUT2D eigenvalue weighted by Crippen LogP contribution is -2.21. The van der Waals surface area contributed by atoms with Gasteiger partial charge in [-0.3, -0.25) is 4.79 Å². The van der Waals surface area contributed by atoms with Crippen molar-refractivity contribution in [2.75, 3.05) is 25.5 Å². The molecule has 0 aliphatic heterocycles. The fourth-order valence-corrected chi connectivity index (χ4v) is 1.24. The summed E-state index contributed by atoms with van der Waals surface area (Å²) in [5, 5.41) is 5.84. The van der Waals surface area contributed by atoms with Crippen molar-refractivity contribution in [1.29, 1.82) is 0 Å². The summed E-state index contributed by atoms with van der Waals surface area (Å²) in [6.07, 6.45) is 2.05. The van der Waals surface area contributed by atoms with E-state index in [9.17, 15) is 4.79 Å². The second-order valence-corrected chi connectivity index (χ2v) is 3.21. The number of anilines is 1. The van der Waals surface area contributed by atoms with Crippen LogP contribution < -0.4 is 15.4 Å². The average Bonchev–Trinajstić information content (AvgIpc) is 2.30. The molecule has 0 spiro atoms. The van der Waals surface area contributed by atoms with Crippen LogP contribution in [0.25, 0.3) is 0 Å².